The average molecular weight is 424 g/mol. The Hall–Kier alpha value is -2.70. The van der Waals surface area contributed by atoms with Crippen LogP contribution in [0.5, 0.6) is 0 Å². The molecule has 0 aliphatic carbocycles. The zero-order valence-corrected chi connectivity index (χ0v) is 18.3. The van der Waals surface area contributed by atoms with E-state index in [1.54, 1.807) is 12.4 Å². The Kier molecular flexibility index (Phi) is 7.33. The molecule has 0 radical (unpaired) electrons. The maximum atomic E-state index is 13.1. The van der Waals surface area contributed by atoms with E-state index in [-0.39, 0.29) is 17.7 Å². The molecule has 7 heteroatoms. The van der Waals surface area contributed by atoms with Crippen LogP contribution in [0.25, 0.3) is 0 Å². The molecule has 2 aliphatic heterocycles. The first-order valence-corrected chi connectivity index (χ1v) is 11.7. The van der Waals surface area contributed by atoms with Gasteiger partial charge in [0.15, 0.2) is 0 Å². The molecule has 0 saturated carbocycles. The second kappa shape index (κ2) is 10.6. The molecule has 2 amide bonds. The minimum absolute atomic E-state index is 0.0875. The molecule has 166 valence electrons. The molecule has 2 aromatic heterocycles. The number of aryl methyl sites for hydroxylation is 1. The first kappa shape index (κ1) is 21.5. The van der Waals surface area contributed by atoms with Crippen LogP contribution in [0, 0.1) is 0 Å². The highest BCUT2D eigenvalue weighted by atomic mass is 16.2. The van der Waals surface area contributed by atoms with E-state index in [0.29, 0.717) is 18.5 Å². The Labute approximate surface area is 184 Å². The van der Waals surface area contributed by atoms with Crippen LogP contribution >= 0.6 is 0 Å². The van der Waals surface area contributed by atoms with Gasteiger partial charge in [0.05, 0.1) is 17.5 Å². The molecular weight excluding hydrogens is 390 g/mol. The van der Waals surface area contributed by atoms with E-state index >= 15 is 0 Å². The van der Waals surface area contributed by atoms with E-state index < -0.39 is 0 Å². The summed E-state index contributed by atoms with van der Waals surface area (Å²) in [5, 5.41) is 7.30. The van der Waals surface area contributed by atoms with Gasteiger partial charge in [-0.05, 0) is 50.7 Å². The van der Waals surface area contributed by atoms with Crippen LogP contribution in [0.3, 0.4) is 0 Å². The Morgan fingerprint density at radius 2 is 1.84 bits per heavy atom. The number of hydrogen-bond donors (Lipinski definition) is 1. The summed E-state index contributed by atoms with van der Waals surface area (Å²) in [6.45, 7) is 3.11. The van der Waals surface area contributed by atoms with Crippen molar-refractivity contribution in [3.05, 3.63) is 47.5 Å². The van der Waals surface area contributed by atoms with Gasteiger partial charge in [0, 0.05) is 50.4 Å². The highest BCUT2D eigenvalue weighted by Gasteiger charge is 2.30. The fourth-order valence-corrected chi connectivity index (χ4v) is 4.79. The van der Waals surface area contributed by atoms with Crippen molar-refractivity contribution < 1.29 is 9.59 Å². The predicted octanol–water partition coefficient (Wildman–Crippen LogP) is 3.55. The van der Waals surface area contributed by atoms with E-state index in [0.717, 1.165) is 69.5 Å². The summed E-state index contributed by atoms with van der Waals surface area (Å²) in [4.78, 5) is 34.2. The Balaban J connectivity index is 1.35. The number of carbonyl (C=O) groups is 2. The maximum absolute atomic E-state index is 13.1. The summed E-state index contributed by atoms with van der Waals surface area (Å²) < 4.78 is 0. The number of amides is 2. The lowest BCUT2D eigenvalue weighted by atomic mass is 9.92. The molecule has 2 saturated heterocycles. The van der Waals surface area contributed by atoms with Crippen molar-refractivity contribution in [1.82, 2.24) is 25.0 Å². The quantitative estimate of drug-likeness (QED) is 0.770. The number of aromatic nitrogens is 3. The van der Waals surface area contributed by atoms with Crippen molar-refractivity contribution in [2.75, 3.05) is 26.2 Å². The molecule has 2 aromatic rings. The van der Waals surface area contributed by atoms with E-state index in [9.17, 15) is 9.59 Å². The highest BCUT2D eigenvalue weighted by Crippen LogP contribution is 2.29. The third-order valence-corrected chi connectivity index (χ3v) is 6.52. The molecule has 0 spiro atoms. The second-order valence-electron chi connectivity index (χ2n) is 8.76. The topological polar surface area (TPSA) is 82.2 Å². The number of pyridine rings is 1. The number of likely N-dealkylation sites (tertiary alicyclic amines) is 2. The molecule has 0 unspecified atom stereocenters. The Morgan fingerprint density at radius 3 is 2.61 bits per heavy atom. The van der Waals surface area contributed by atoms with E-state index in [4.69, 9.17) is 0 Å². The van der Waals surface area contributed by atoms with E-state index in [2.05, 4.69) is 15.2 Å². The van der Waals surface area contributed by atoms with Gasteiger partial charge in [-0.3, -0.25) is 19.7 Å². The summed E-state index contributed by atoms with van der Waals surface area (Å²) >= 11 is 0. The lowest BCUT2D eigenvalue weighted by Crippen LogP contribution is -2.40. The molecule has 0 bridgehead atoms. The summed E-state index contributed by atoms with van der Waals surface area (Å²) in [5.41, 5.74) is 2.62. The highest BCUT2D eigenvalue weighted by molar-refractivity contribution is 5.95. The lowest BCUT2D eigenvalue weighted by Gasteiger charge is -2.33. The third kappa shape index (κ3) is 5.51. The van der Waals surface area contributed by atoms with Gasteiger partial charge in [-0.1, -0.05) is 18.9 Å². The zero-order chi connectivity index (χ0) is 21.5. The van der Waals surface area contributed by atoms with Crippen molar-refractivity contribution in [3.63, 3.8) is 0 Å². The largest absolute Gasteiger partial charge is 0.342 e. The monoisotopic (exact) mass is 423 g/mol. The molecule has 1 atom stereocenters. The number of nitrogens with one attached hydrogen (secondary N) is 1. The number of carbonyl (C=O) groups excluding carboxylic acids is 2. The SMILES string of the molecule is O=C(CCCc1ccccn1)N1CCC[C@@H](c2[nH]ncc2C(=O)N2CCCCCC2)C1. The first-order valence-electron chi connectivity index (χ1n) is 11.7. The van der Waals surface area contributed by atoms with Gasteiger partial charge in [-0.25, -0.2) is 0 Å². The van der Waals surface area contributed by atoms with Crippen LogP contribution in [0.1, 0.15) is 79.0 Å². The third-order valence-electron chi connectivity index (χ3n) is 6.52. The predicted molar refractivity (Wildman–Crippen MR) is 119 cm³/mol. The molecule has 0 aromatic carbocycles. The molecule has 31 heavy (non-hydrogen) atoms. The van der Waals surface area contributed by atoms with Gasteiger partial charge in [0.2, 0.25) is 5.91 Å². The number of hydrogen-bond acceptors (Lipinski definition) is 4. The Morgan fingerprint density at radius 1 is 1.03 bits per heavy atom. The van der Waals surface area contributed by atoms with Gasteiger partial charge >= 0.3 is 0 Å². The van der Waals surface area contributed by atoms with Crippen LogP contribution in [0.4, 0.5) is 0 Å². The number of nitrogens with zero attached hydrogens (tertiary/aromatic N) is 4. The van der Waals surface area contributed by atoms with E-state index in [1.165, 1.54) is 12.8 Å². The lowest BCUT2D eigenvalue weighted by molar-refractivity contribution is -0.132. The molecule has 4 heterocycles. The summed E-state index contributed by atoms with van der Waals surface area (Å²) in [5.74, 6) is 0.423. The van der Waals surface area contributed by atoms with Crippen LogP contribution in [0.2, 0.25) is 0 Å². The van der Waals surface area contributed by atoms with E-state index in [1.807, 2.05) is 28.0 Å². The van der Waals surface area contributed by atoms with Crippen molar-refractivity contribution in [2.45, 2.75) is 63.7 Å². The average Bonchev–Trinajstić information content (AvgIpc) is 3.14. The van der Waals surface area contributed by atoms with Crippen LogP contribution in [0.15, 0.2) is 30.6 Å². The summed E-state index contributed by atoms with van der Waals surface area (Å²) in [7, 11) is 0. The molecule has 2 fully saturated rings. The number of H-pyrrole nitrogens is 1. The first-order chi connectivity index (χ1) is 15.2. The normalized spacial score (nSPS) is 19.8. The number of rotatable bonds is 6. The minimum Gasteiger partial charge on any atom is -0.342 e. The second-order valence-corrected chi connectivity index (χ2v) is 8.76. The molecule has 4 rings (SSSR count). The maximum Gasteiger partial charge on any atom is 0.257 e. The molecule has 2 aliphatic rings. The van der Waals surface area contributed by atoms with Gasteiger partial charge < -0.3 is 9.80 Å². The standard InChI is InChI=1S/C24H33N5O2/c30-22(12-7-11-20-10-3-4-13-25-20)29-16-8-9-19(18-29)23-21(17-26-27-23)24(31)28-14-5-1-2-6-15-28/h3-4,10,13,17,19H,1-2,5-9,11-12,14-16,18H2,(H,26,27)/t19-/m1/s1. The smallest absolute Gasteiger partial charge is 0.257 e. The van der Waals surface area contributed by atoms with Gasteiger partial charge in [-0.2, -0.15) is 5.10 Å². The van der Waals surface area contributed by atoms with Crippen LogP contribution < -0.4 is 0 Å². The fraction of sp³-hybridized carbons (Fsp3) is 0.583. The zero-order valence-electron chi connectivity index (χ0n) is 18.3. The number of piperidine rings is 1. The fourth-order valence-electron chi connectivity index (χ4n) is 4.79. The Bertz CT molecular complexity index is 858. The van der Waals surface area contributed by atoms with Crippen LogP contribution in [-0.4, -0.2) is 63.0 Å². The molecular formula is C24H33N5O2. The minimum atomic E-state index is 0.0875. The number of aromatic amines is 1. The van der Waals surface area contributed by atoms with Crippen molar-refractivity contribution in [3.8, 4) is 0 Å². The van der Waals surface area contributed by atoms with Crippen molar-refractivity contribution in [2.24, 2.45) is 0 Å². The van der Waals surface area contributed by atoms with Gasteiger partial charge in [0.1, 0.15) is 0 Å². The summed E-state index contributed by atoms with van der Waals surface area (Å²) in [6, 6.07) is 5.89. The van der Waals surface area contributed by atoms with Crippen molar-refractivity contribution in [1.29, 1.82) is 0 Å². The van der Waals surface area contributed by atoms with Gasteiger partial charge in [0.25, 0.3) is 5.91 Å². The molecule has 7 nitrogen and oxygen atoms in total. The summed E-state index contributed by atoms with van der Waals surface area (Å²) in [6.07, 6.45) is 12.1. The molecule has 1 N–H and O–H groups in total. The van der Waals surface area contributed by atoms with Gasteiger partial charge in [-0.15, -0.1) is 0 Å². The van der Waals surface area contributed by atoms with Crippen LogP contribution in [-0.2, 0) is 11.2 Å². The van der Waals surface area contributed by atoms with Crippen molar-refractivity contribution >= 4 is 11.8 Å².